The molecule has 2 aromatic heterocycles. The van der Waals surface area contributed by atoms with E-state index < -0.39 is 12.2 Å². The lowest BCUT2D eigenvalue weighted by molar-refractivity contribution is 0.122. The third kappa shape index (κ3) is 4.35. The van der Waals surface area contributed by atoms with Crippen molar-refractivity contribution in [2.75, 3.05) is 5.32 Å². The van der Waals surface area contributed by atoms with Gasteiger partial charge in [0.1, 0.15) is 11.1 Å². The summed E-state index contributed by atoms with van der Waals surface area (Å²) in [4.78, 5) is 21.7. The molecule has 0 aliphatic rings. The van der Waals surface area contributed by atoms with Crippen LogP contribution in [0, 0.1) is 6.92 Å². The highest BCUT2D eigenvalue weighted by atomic mass is 35.5. The number of thiazole rings is 1. The van der Waals surface area contributed by atoms with Crippen LogP contribution in [0.15, 0.2) is 48.8 Å². The molecule has 128 valence electrons. The molecule has 7 heteroatoms. The van der Waals surface area contributed by atoms with E-state index in [0.29, 0.717) is 10.7 Å². The number of pyridine rings is 1. The minimum Gasteiger partial charge on any atom is -0.440 e. The summed E-state index contributed by atoms with van der Waals surface area (Å²) in [7, 11) is 0. The Balaban J connectivity index is 1.70. The number of hydrogen-bond acceptors (Lipinski definition) is 5. The SMILES string of the molecule is Cc1nc(-c2cccnc2)sc1C(C)OC(=O)Nc1cccc(Cl)c1. The average Bonchev–Trinajstić information content (AvgIpc) is 2.97. The van der Waals surface area contributed by atoms with Crippen LogP contribution >= 0.6 is 22.9 Å². The molecular formula is C18H16ClN3O2S. The number of hydrogen-bond donors (Lipinski definition) is 1. The Hall–Kier alpha value is -2.44. The van der Waals surface area contributed by atoms with E-state index in [9.17, 15) is 4.79 Å². The summed E-state index contributed by atoms with van der Waals surface area (Å²) in [6, 6.07) is 10.7. The van der Waals surface area contributed by atoms with Crippen LogP contribution in [0.25, 0.3) is 10.6 Å². The van der Waals surface area contributed by atoms with Crippen LogP contribution in [-0.4, -0.2) is 16.1 Å². The molecule has 5 nitrogen and oxygen atoms in total. The highest BCUT2D eigenvalue weighted by Crippen LogP contribution is 2.33. The maximum absolute atomic E-state index is 12.1. The minimum atomic E-state index is -0.537. The van der Waals surface area contributed by atoms with Crippen LogP contribution < -0.4 is 5.32 Å². The van der Waals surface area contributed by atoms with Gasteiger partial charge in [0.2, 0.25) is 0 Å². The van der Waals surface area contributed by atoms with Gasteiger partial charge in [-0.2, -0.15) is 0 Å². The molecule has 0 bridgehead atoms. The van der Waals surface area contributed by atoms with Crippen molar-refractivity contribution >= 4 is 34.7 Å². The van der Waals surface area contributed by atoms with Gasteiger partial charge in [0.05, 0.1) is 10.6 Å². The van der Waals surface area contributed by atoms with Crippen LogP contribution in [0.2, 0.25) is 5.02 Å². The third-order valence-corrected chi connectivity index (χ3v) is 5.07. The Labute approximate surface area is 154 Å². The van der Waals surface area contributed by atoms with Crippen LogP contribution in [0.1, 0.15) is 23.6 Å². The molecule has 0 spiro atoms. The number of nitrogens with zero attached hydrogens (tertiary/aromatic N) is 2. The van der Waals surface area contributed by atoms with E-state index >= 15 is 0 Å². The van der Waals surface area contributed by atoms with Gasteiger partial charge in [-0.1, -0.05) is 17.7 Å². The number of anilines is 1. The largest absolute Gasteiger partial charge is 0.440 e. The van der Waals surface area contributed by atoms with Crippen molar-refractivity contribution in [3.05, 3.63) is 64.4 Å². The van der Waals surface area contributed by atoms with Crippen molar-refractivity contribution in [3.8, 4) is 10.6 Å². The number of nitrogens with one attached hydrogen (secondary N) is 1. The van der Waals surface area contributed by atoms with Crippen LogP contribution in [0.3, 0.4) is 0 Å². The van der Waals surface area contributed by atoms with Crippen molar-refractivity contribution in [3.63, 3.8) is 0 Å². The van der Waals surface area contributed by atoms with E-state index in [1.54, 1.807) is 36.7 Å². The number of carbonyl (C=O) groups excluding carboxylic acids is 1. The standard InChI is InChI=1S/C18H16ClN3O2S/c1-11-16(25-17(21-11)13-5-4-8-20-10-13)12(2)24-18(23)22-15-7-3-6-14(19)9-15/h3-10,12H,1-2H3,(H,22,23). The Bertz CT molecular complexity index is 883. The highest BCUT2D eigenvalue weighted by Gasteiger charge is 2.19. The molecule has 0 saturated heterocycles. The molecule has 3 aromatic rings. The molecule has 0 aliphatic carbocycles. The summed E-state index contributed by atoms with van der Waals surface area (Å²) in [6.07, 6.45) is 2.53. The number of aryl methyl sites for hydroxylation is 1. The number of aromatic nitrogens is 2. The van der Waals surface area contributed by atoms with Gasteiger partial charge in [0, 0.05) is 28.7 Å². The summed E-state index contributed by atoms with van der Waals surface area (Å²) in [5, 5.41) is 4.07. The number of carbonyl (C=O) groups is 1. The second-order valence-corrected chi connectivity index (χ2v) is 6.86. The first-order valence-corrected chi connectivity index (χ1v) is 8.83. The molecule has 0 radical (unpaired) electrons. The monoisotopic (exact) mass is 373 g/mol. The molecule has 0 saturated carbocycles. The van der Waals surface area contributed by atoms with Gasteiger partial charge >= 0.3 is 6.09 Å². The molecule has 0 fully saturated rings. The fourth-order valence-electron chi connectivity index (χ4n) is 2.33. The lowest BCUT2D eigenvalue weighted by Crippen LogP contribution is -2.15. The summed E-state index contributed by atoms with van der Waals surface area (Å²) in [5.41, 5.74) is 2.37. The Morgan fingerprint density at radius 1 is 1.32 bits per heavy atom. The van der Waals surface area contributed by atoms with Gasteiger partial charge in [-0.25, -0.2) is 9.78 Å². The third-order valence-electron chi connectivity index (χ3n) is 3.47. The van der Waals surface area contributed by atoms with Gasteiger partial charge in [-0.15, -0.1) is 11.3 Å². The number of ether oxygens (including phenoxy) is 1. The number of rotatable bonds is 4. The van der Waals surface area contributed by atoms with E-state index in [2.05, 4.69) is 15.3 Å². The van der Waals surface area contributed by atoms with E-state index in [1.807, 2.05) is 26.0 Å². The normalized spacial score (nSPS) is 11.8. The molecule has 2 heterocycles. The first-order valence-electron chi connectivity index (χ1n) is 7.64. The maximum Gasteiger partial charge on any atom is 0.412 e. The number of amides is 1. The van der Waals surface area contributed by atoms with Crippen molar-refractivity contribution in [1.82, 2.24) is 9.97 Å². The average molecular weight is 374 g/mol. The molecule has 3 rings (SSSR count). The first-order chi connectivity index (χ1) is 12.0. The van der Waals surface area contributed by atoms with Crippen LogP contribution in [-0.2, 0) is 4.74 Å². The Morgan fingerprint density at radius 2 is 2.16 bits per heavy atom. The molecule has 0 aliphatic heterocycles. The minimum absolute atomic E-state index is 0.415. The second kappa shape index (κ2) is 7.63. The fraction of sp³-hybridized carbons (Fsp3) is 0.167. The lowest BCUT2D eigenvalue weighted by atomic mass is 10.3. The predicted molar refractivity (Wildman–Crippen MR) is 100 cm³/mol. The summed E-state index contributed by atoms with van der Waals surface area (Å²) >= 11 is 7.40. The van der Waals surface area contributed by atoms with Crippen molar-refractivity contribution in [2.45, 2.75) is 20.0 Å². The maximum atomic E-state index is 12.1. The van der Waals surface area contributed by atoms with Gasteiger partial charge < -0.3 is 4.74 Å². The molecule has 1 unspecified atom stereocenters. The first kappa shape index (κ1) is 17.4. The van der Waals surface area contributed by atoms with E-state index in [0.717, 1.165) is 21.1 Å². The molecule has 1 N–H and O–H groups in total. The number of halogens is 1. The van der Waals surface area contributed by atoms with Gasteiger partial charge in [0.25, 0.3) is 0 Å². The molecular weight excluding hydrogens is 358 g/mol. The molecule has 1 amide bonds. The van der Waals surface area contributed by atoms with E-state index in [4.69, 9.17) is 16.3 Å². The zero-order chi connectivity index (χ0) is 17.8. The van der Waals surface area contributed by atoms with E-state index in [-0.39, 0.29) is 0 Å². The highest BCUT2D eigenvalue weighted by molar-refractivity contribution is 7.15. The molecule has 25 heavy (non-hydrogen) atoms. The Kier molecular flexibility index (Phi) is 5.31. The molecule has 1 aromatic carbocycles. The number of benzene rings is 1. The van der Waals surface area contributed by atoms with Crippen molar-refractivity contribution in [2.24, 2.45) is 0 Å². The van der Waals surface area contributed by atoms with Crippen LogP contribution in [0.4, 0.5) is 10.5 Å². The molecule has 1 atom stereocenters. The van der Waals surface area contributed by atoms with Crippen molar-refractivity contribution in [1.29, 1.82) is 0 Å². The zero-order valence-corrected chi connectivity index (χ0v) is 15.3. The Morgan fingerprint density at radius 3 is 2.88 bits per heavy atom. The predicted octanol–water partition coefficient (Wildman–Crippen LogP) is 5.48. The summed E-state index contributed by atoms with van der Waals surface area (Å²) in [6.45, 7) is 3.73. The van der Waals surface area contributed by atoms with Gasteiger partial charge in [-0.3, -0.25) is 10.3 Å². The van der Waals surface area contributed by atoms with Gasteiger partial charge in [-0.05, 0) is 44.2 Å². The quantitative estimate of drug-likeness (QED) is 0.658. The van der Waals surface area contributed by atoms with E-state index in [1.165, 1.54) is 11.3 Å². The lowest BCUT2D eigenvalue weighted by Gasteiger charge is -2.13. The fourth-order valence-corrected chi connectivity index (χ4v) is 3.55. The topological polar surface area (TPSA) is 64.1 Å². The summed E-state index contributed by atoms with van der Waals surface area (Å²) < 4.78 is 5.47. The van der Waals surface area contributed by atoms with Crippen LogP contribution in [0.5, 0.6) is 0 Å². The smallest absolute Gasteiger partial charge is 0.412 e. The summed E-state index contributed by atoms with van der Waals surface area (Å²) in [5.74, 6) is 0. The van der Waals surface area contributed by atoms with Crippen molar-refractivity contribution < 1.29 is 9.53 Å². The zero-order valence-electron chi connectivity index (χ0n) is 13.7. The second-order valence-electron chi connectivity index (χ2n) is 5.39. The van der Waals surface area contributed by atoms with Gasteiger partial charge in [0.15, 0.2) is 0 Å².